The fourth-order valence-corrected chi connectivity index (χ4v) is 4.29. The van der Waals surface area contributed by atoms with E-state index >= 15 is 0 Å². The van der Waals surface area contributed by atoms with Crippen LogP contribution in [0.3, 0.4) is 0 Å². The molecule has 3 N–H and O–H groups in total. The summed E-state index contributed by atoms with van der Waals surface area (Å²) < 4.78 is 41.1. The van der Waals surface area contributed by atoms with Crippen LogP contribution in [0.1, 0.15) is 5.56 Å². The third-order valence-corrected chi connectivity index (χ3v) is 5.32. The zero-order chi connectivity index (χ0) is 14.9. The number of nitrogens with one attached hydrogen (secondary N) is 1. The minimum Gasteiger partial charge on any atom is -0.389 e. The van der Waals surface area contributed by atoms with E-state index in [1.165, 1.54) is 18.3 Å². The number of hydrogen-bond donors (Lipinski definition) is 2. The summed E-state index contributed by atoms with van der Waals surface area (Å²) in [5.74, 6) is -0.791. The van der Waals surface area contributed by atoms with E-state index in [2.05, 4.69) is 25.6 Å². The summed E-state index contributed by atoms with van der Waals surface area (Å²) in [6.45, 7) is 0. The minimum atomic E-state index is -4.03. The Morgan fingerprint density at radius 2 is 2.20 bits per heavy atom. The molecule has 10 heteroatoms. The number of benzene rings is 1. The molecule has 1 aromatic heterocycles. The van der Waals surface area contributed by atoms with Crippen LogP contribution in [0.2, 0.25) is 0 Å². The molecule has 1 aromatic carbocycles. The highest BCUT2D eigenvalue weighted by Crippen LogP contribution is 2.27. The molecule has 0 saturated heterocycles. The van der Waals surface area contributed by atoms with Gasteiger partial charge in [0.2, 0.25) is 0 Å². The molecule has 0 fully saturated rings. The average molecular weight is 396 g/mol. The maximum Gasteiger partial charge on any atom is 0.264 e. The van der Waals surface area contributed by atoms with Crippen molar-refractivity contribution in [1.82, 2.24) is 4.98 Å². The van der Waals surface area contributed by atoms with Crippen molar-refractivity contribution >= 4 is 59.6 Å². The molecule has 0 radical (unpaired) electrons. The van der Waals surface area contributed by atoms with Crippen LogP contribution in [0.4, 0.5) is 9.52 Å². The number of rotatable bonds is 4. The van der Waals surface area contributed by atoms with Gasteiger partial charge in [-0.05, 0) is 28.1 Å². The number of aromatic nitrogens is 1. The summed E-state index contributed by atoms with van der Waals surface area (Å²) in [5, 5.41) is 0.148. The van der Waals surface area contributed by atoms with Gasteiger partial charge in [0.05, 0.1) is 15.5 Å². The summed E-state index contributed by atoms with van der Waals surface area (Å²) in [5.41, 5.74) is 5.07. The minimum absolute atomic E-state index is 0.148. The lowest BCUT2D eigenvalue weighted by Gasteiger charge is -2.10. The third-order valence-electron chi connectivity index (χ3n) is 2.21. The topological polar surface area (TPSA) is 85.1 Å². The van der Waals surface area contributed by atoms with E-state index in [0.29, 0.717) is 3.79 Å². The Balaban J connectivity index is 2.50. The number of halogens is 2. The Morgan fingerprint density at radius 1 is 1.50 bits per heavy atom. The van der Waals surface area contributed by atoms with Crippen LogP contribution in [0, 0.1) is 5.82 Å². The van der Waals surface area contributed by atoms with Gasteiger partial charge in [-0.2, -0.15) is 0 Å². The summed E-state index contributed by atoms with van der Waals surface area (Å²) in [6.07, 6.45) is 1.45. The quantitative estimate of drug-likeness (QED) is 0.776. The third kappa shape index (κ3) is 3.14. The van der Waals surface area contributed by atoms with Gasteiger partial charge >= 0.3 is 0 Å². The van der Waals surface area contributed by atoms with Gasteiger partial charge < -0.3 is 5.73 Å². The number of thiazole rings is 1. The van der Waals surface area contributed by atoms with Crippen LogP contribution in [-0.4, -0.2) is 18.4 Å². The van der Waals surface area contributed by atoms with E-state index in [4.69, 9.17) is 18.0 Å². The zero-order valence-electron chi connectivity index (χ0n) is 9.63. The molecule has 1 heterocycles. The van der Waals surface area contributed by atoms with Crippen molar-refractivity contribution in [1.29, 1.82) is 0 Å². The molecule has 0 amide bonds. The first-order valence-corrected chi connectivity index (χ1v) is 8.54. The lowest BCUT2D eigenvalue weighted by Crippen LogP contribution is -2.21. The van der Waals surface area contributed by atoms with Gasteiger partial charge in [-0.25, -0.2) is 17.8 Å². The molecule has 0 atom stereocenters. The molecular formula is C10H7BrFN3O2S3. The smallest absolute Gasteiger partial charge is 0.264 e. The predicted octanol–water partition coefficient (Wildman–Crippen LogP) is 2.48. The first-order chi connectivity index (χ1) is 9.31. The van der Waals surface area contributed by atoms with Gasteiger partial charge in [-0.3, -0.25) is 4.72 Å². The molecule has 0 saturated carbocycles. The Hall–Kier alpha value is -1.10. The van der Waals surface area contributed by atoms with Crippen LogP contribution < -0.4 is 10.5 Å². The fourth-order valence-electron chi connectivity index (χ4n) is 1.44. The highest BCUT2D eigenvalue weighted by molar-refractivity contribution is 9.11. The lowest BCUT2D eigenvalue weighted by atomic mass is 10.2. The summed E-state index contributed by atoms with van der Waals surface area (Å²) in [7, 11) is -4.03. The van der Waals surface area contributed by atoms with E-state index < -0.39 is 15.8 Å². The Labute approximate surface area is 132 Å². The van der Waals surface area contributed by atoms with Crippen LogP contribution in [0.25, 0.3) is 0 Å². The molecular weight excluding hydrogens is 389 g/mol. The molecule has 2 aromatic rings. The second-order valence-electron chi connectivity index (χ2n) is 3.55. The number of hydrogen-bond acceptors (Lipinski definition) is 5. The Kier molecular flexibility index (Phi) is 4.37. The van der Waals surface area contributed by atoms with Gasteiger partial charge in [-0.1, -0.05) is 29.6 Å². The molecule has 0 aliphatic heterocycles. The molecule has 0 spiro atoms. The SMILES string of the molecule is NC(=S)c1c(F)cccc1S(=O)(=O)Nc1ncc(Br)s1. The number of sulfonamides is 1. The number of anilines is 1. The van der Waals surface area contributed by atoms with Crippen molar-refractivity contribution in [3.63, 3.8) is 0 Å². The second-order valence-corrected chi connectivity index (χ2v) is 8.05. The van der Waals surface area contributed by atoms with Crippen LogP contribution in [0.5, 0.6) is 0 Å². The van der Waals surface area contributed by atoms with E-state index in [-0.39, 0.29) is 20.6 Å². The van der Waals surface area contributed by atoms with Crippen molar-refractivity contribution in [3.8, 4) is 0 Å². The largest absolute Gasteiger partial charge is 0.389 e. The van der Waals surface area contributed by atoms with Crippen molar-refractivity contribution in [3.05, 3.63) is 39.6 Å². The molecule has 5 nitrogen and oxygen atoms in total. The van der Waals surface area contributed by atoms with Gasteiger partial charge in [-0.15, -0.1) is 0 Å². The standard InChI is InChI=1S/C10H7BrFN3O2S3/c11-7-4-14-10(19-7)15-20(16,17)6-3-1-2-5(12)8(6)9(13)18/h1-4H,(H2,13,18)(H,14,15). The van der Waals surface area contributed by atoms with E-state index in [9.17, 15) is 12.8 Å². The normalized spacial score (nSPS) is 11.3. The summed E-state index contributed by atoms with van der Waals surface area (Å²) in [4.78, 5) is 3.19. The molecule has 0 bridgehead atoms. The lowest BCUT2D eigenvalue weighted by molar-refractivity contribution is 0.594. The fraction of sp³-hybridized carbons (Fsp3) is 0. The van der Waals surface area contributed by atoms with Crippen molar-refractivity contribution in [2.45, 2.75) is 4.90 Å². The van der Waals surface area contributed by atoms with Crippen LogP contribution in [0.15, 0.2) is 33.1 Å². The van der Waals surface area contributed by atoms with Gasteiger partial charge in [0, 0.05) is 0 Å². The van der Waals surface area contributed by atoms with Crippen molar-refractivity contribution in [2.75, 3.05) is 4.72 Å². The average Bonchev–Trinajstić information content (AvgIpc) is 2.73. The molecule has 106 valence electrons. The van der Waals surface area contributed by atoms with Gasteiger partial charge in [0.1, 0.15) is 15.7 Å². The molecule has 2 rings (SSSR count). The Morgan fingerprint density at radius 3 is 2.75 bits per heavy atom. The second kappa shape index (κ2) is 5.72. The monoisotopic (exact) mass is 395 g/mol. The zero-order valence-corrected chi connectivity index (χ0v) is 13.7. The Bertz CT molecular complexity index is 776. The highest BCUT2D eigenvalue weighted by atomic mass is 79.9. The maximum absolute atomic E-state index is 13.7. The number of nitrogens with two attached hydrogens (primary N) is 1. The van der Waals surface area contributed by atoms with Gasteiger partial charge in [0.15, 0.2) is 5.13 Å². The van der Waals surface area contributed by atoms with Crippen molar-refractivity contribution in [2.24, 2.45) is 5.73 Å². The first kappa shape index (κ1) is 15.3. The van der Waals surface area contributed by atoms with Crippen molar-refractivity contribution < 1.29 is 12.8 Å². The molecule has 0 aliphatic rings. The maximum atomic E-state index is 13.7. The van der Waals surface area contributed by atoms with Crippen LogP contribution >= 0.6 is 39.5 Å². The molecule has 20 heavy (non-hydrogen) atoms. The summed E-state index contributed by atoms with van der Waals surface area (Å²) in [6, 6.07) is 3.58. The predicted molar refractivity (Wildman–Crippen MR) is 82.9 cm³/mol. The van der Waals surface area contributed by atoms with Gasteiger partial charge in [0.25, 0.3) is 10.0 Å². The number of nitrogens with zero attached hydrogens (tertiary/aromatic N) is 1. The van der Waals surface area contributed by atoms with E-state index in [1.807, 2.05) is 0 Å². The highest BCUT2D eigenvalue weighted by Gasteiger charge is 2.23. The molecule has 0 aliphatic carbocycles. The van der Waals surface area contributed by atoms with E-state index in [1.54, 1.807) is 0 Å². The number of thiocarbonyl (C=S) groups is 1. The summed E-state index contributed by atoms with van der Waals surface area (Å²) >= 11 is 8.95. The molecule has 0 unspecified atom stereocenters. The van der Waals surface area contributed by atoms with E-state index in [0.717, 1.165) is 17.4 Å². The van der Waals surface area contributed by atoms with Crippen LogP contribution in [-0.2, 0) is 10.0 Å². The first-order valence-electron chi connectivity index (χ1n) is 5.04.